The monoisotopic (exact) mass is 241 g/mol. The van der Waals surface area contributed by atoms with Gasteiger partial charge in [0.25, 0.3) is 0 Å². The van der Waals surface area contributed by atoms with Crippen LogP contribution in [-0.2, 0) is 16.4 Å². The highest BCUT2D eigenvalue weighted by atomic mass is 32.2. The van der Waals surface area contributed by atoms with Crippen molar-refractivity contribution < 1.29 is 8.42 Å². The molecule has 0 fully saturated rings. The van der Waals surface area contributed by atoms with Crippen LogP contribution < -0.4 is 4.72 Å². The standard InChI is InChI=1S/C12H19NO2S/c1-3-10-16(14,15)13-9-8-12-7-5-4-6-11(12)2/h4-7,13H,3,8-10H2,1-2H3. The van der Waals surface area contributed by atoms with Gasteiger partial charge in [0.2, 0.25) is 10.0 Å². The minimum atomic E-state index is -3.06. The molecule has 0 amide bonds. The Hall–Kier alpha value is -0.870. The van der Waals surface area contributed by atoms with E-state index in [1.807, 2.05) is 38.1 Å². The van der Waals surface area contributed by atoms with Gasteiger partial charge in [0, 0.05) is 6.54 Å². The molecule has 0 aliphatic carbocycles. The average Bonchev–Trinajstić information content (AvgIpc) is 2.20. The third-order valence-electron chi connectivity index (χ3n) is 2.45. The fourth-order valence-electron chi connectivity index (χ4n) is 1.57. The van der Waals surface area contributed by atoms with Crippen LogP contribution in [0.5, 0.6) is 0 Å². The van der Waals surface area contributed by atoms with Gasteiger partial charge >= 0.3 is 0 Å². The number of nitrogens with one attached hydrogen (secondary N) is 1. The Balaban J connectivity index is 2.45. The van der Waals surface area contributed by atoms with E-state index in [2.05, 4.69) is 4.72 Å². The molecular formula is C12H19NO2S. The second-order valence-electron chi connectivity index (χ2n) is 3.89. The molecule has 1 aromatic rings. The van der Waals surface area contributed by atoms with Crippen LogP contribution in [-0.4, -0.2) is 20.7 Å². The molecule has 16 heavy (non-hydrogen) atoms. The van der Waals surface area contributed by atoms with Crippen molar-refractivity contribution in [3.63, 3.8) is 0 Å². The Morgan fingerprint density at radius 2 is 1.94 bits per heavy atom. The number of sulfonamides is 1. The van der Waals surface area contributed by atoms with E-state index in [4.69, 9.17) is 0 Å². The lowest BCUT2D eigenvalue weighted by molar-refractivity contribution is 0.580. The van der Waals surface area contributed by atoms with E-state index in [1.165, 1.54) is 11.1 Å². The second kappa shape index (κ2) is 6.01. The molecule has 0 aliphatic rings. The fraction of sp³-hybridized carbons (Fsp3) is 0.500. The topological polar surface area (TPSA) is 46.2 Å². The number of rotatable bonds is 6. The molecule has 0 atom stereocenters. The van der Waals surface area contributed by atoms with Gasteiger partial charge in [-0.1, -0.05) is 31.2 Å². The van der Waals surface area contributed by atoms with Gasteiger partial charge < -0.3 is 0 Å². The van der Waals surface area contributed by atoms with Gasteiger partial charge in [-0.05, 0) is 30.9 Å². The Bertz CT molecular complexity index is 426. The Kier molecular flexibility index (Phi) is 4.96. The lowest BCUT2D eigenvalue weighted by Crippen LogP contribution is -2.28. The summed E-state index contributed by atoms with van der Waals surface area (Å²) in [5, 5.41) is 0. The van der Waals surface area contributed by atoms with Crippen molar-refractivity contribution in [3.05, 3.63) is 35.4 Å². The molecule has 3 nitrogen and oxygen atoms in total. The first-order chi connectivity index (χ1) is 7.55. The molecule has 0 unspecified atom stereocenters. The van der Waals surface area contributed by atoms with Gasteiger partial charge in [-0.25, -0.2) is 13.1 Å². The third kappa shape index (κ3) is 4.33. The molecule has 0 aliphatic heterocycles. The molecule has 0 spiro atoms. The van der Waals surface area contributed by atoms with Crippen molar-refractivity contribution in [2.45, 2.75) is 26.7 Å². The van der Waals surface area contributed by atoms with Crippen molar-refractivity contribution in [1.29, 1.82) is 0 Å². The minimum absolute atomic E-state index is 0.209. The average molecular weight is 241 g/mol. The number of hydrogen-bond acceptors (Lipinski definition) is 2. The molecular weight excluding hydrogens is 222 g/mol. The van der Waals surface area contributed by atoms with Gasteiger partial charge in [0.1, 0.15) is 0 Å². The first-order valence-corrected chi connectivity index (χ1v) is 7.22. The number of aryl methyl sites for hydroxylation is 1. The van der Waals surface area contributed by atoms with Gasteiger partial charge in [0.15, 0.2) is 0 Å². The molecule has 0 radical (unpaired) electrons. The van der Waals surface area contributed by atoms with Crippen molar-refractivity contribution >= 4 is 10.0 Å². The second-order valence-corrected chi connectivity index (χ2v) is 5.82. The first-order valence-electron chi connectivity index (χ1n) is 5.57. The summed E-state index contributed by atoms with van der Waals surface area (Å²) in [6.45, 7) is 4.38. The van der Waals surface area contributed by atoms with E-state index in [0.29, 0.717) is 13.0 Å². The SMILES string of the molecule is CCCS(=O)(=O)NCCc1ccccc1C. The van der Waals surface area contributed by atoms with Crippen LogP contribution in [0.2, 0.25) is 0 Å². The zero-order valence-electron chi connectivity index (χ0n) is 9.86. The number of hydrogen-bond donors (Lipinski definition) is 1. The van der Waals surface area contributed by atoms with Gasteiger partial charge in [0.05, 0.1) is 5.75 Å². The maximum atomic E-state index is 11.4. The van der Waals surface area contributed by atoms with Crippen molar-refractivity contribution in [1.82, 2.24) is 4.72 Å². The van der Waals surface area contributed by atoms with E-state index in [1.54, 1.807) is 0 Å². The van der Waals surface area contributed by atoms with E-state index in [9.17, 15) is 8.42 Å². The van der Waals surface area contributed by atoms with E-state index < -0.39 is 10.0 Å². The maximum Gasteiger partial charge on any atom is 0.211 e. The van der Waals surface area contributed by atoms with Crippen LogP contribution in [0.4, 0.5) is 0 Å². The molecule has 4 heteroatoms. The molecule has 0 heterocycles. The van der Waals surface area contributed by atoms with Crippen LogP contribution in [0.25, 0.3) is 0 Å². The van der Waals surface area contributed by atoms with Crippen molar-refractivity contribution in [3.8, 4) is 0 Å². The van der Waals surface area contributed by atoms with Crippen LogP contribution in [0.3, 0.4) is 0 Å². The summed E-state index contributed by atoms with van der Waals surface area (Å²) in [7, 11) is -3.06. The summed E-state index contributed by atoms with van der Waals surface area (Å²) in [6, 6.07) is 8.03. The van der Waals surface area contributed by atoms with E-state index >= 15 is 0 Å². The van der Waals surface area contributed by atoms with Crippen LogP contribution in [0.15, 0.2) is 24.3 Å². The Labute approximate surface area is 97.9 Å². The summed E-state index contributed by atoms with van der Waals surface area (Å²) in [5.74, 6) is 0.209. The molecule has 90 valence electrons. The normalized spacial score (nSPS) is 11.6. The molecule has 0 saturated heterocycles. The molecule has 0 aromatic heterocycles. The molecule has 0 saturated carbocycles. The van der Waals surface area contributed by atoms with Crippen LogP contribution >= 0.6 is 0 Å². The van der Waals surface area contributed by atoms with Gasteiger partial charge in [-0.2, -0.15) is 0 Å². The molecule has 1 aromatic carbocycles. The molecule has 1 rings (SSSR count). The highest BCUT2D eigenvalue weighted by Gasteiger charge is 2.07. The highest BCUT2D eigenvalue weighted by molar-refractivity contribution is 7.89. The smallest absolute Gasteiger partial charge is 0.211 e. The zero-order valence-corrected chi connectivity index (χ0v) is 10.7. The summed E-state index contributed by atoms with van der Waals surface area (Å²) in [4.78, 5) is 0. The van der Waals surface area contributed by atoms with Crippen molar-refractivity contribution in [2.75, 3.05) is 12.3 Å². The summed E-state index contributed by atoms with van der Waals surface area (Å²) in [5.41, 5.74) is 2.40. The fourth-order valence-corrected chi connectivity index (χ4v) is 2.67. The van der Waals surface area contributed by atoms with Gasteiger partial charge in [-0.3, -0.25) is 0 Å². The van der Waals surface area contributed by atoms with E-state index in [0.717, 1.165) is 6.42 Å². The maximum absolute atomic E-state index is 11.4. The van der Waals surface area contributed by atoms with E-state index in [-0.39, 0.29) is 5.75 Å². The van der Waals surface area contributed by atoms with Gasteiger partial charge in [-0.15, -0.1) is 0 Å². The summed E-state index contributed by atoms with van der Waals surface area (Å²) < 4.78 is 25.4. The Morgan fingerprint density at radius 3 is 2.56 bits per heavy atom. The molecule has 0 bridgehead atoms. The highest BCUT2D eigenvalue weighted by Crippen LogP contribution is 2.07. The summed E-state index contributed by atoms with van der Waals surface area (Å²) >= 11 is 0. The predicted octanol–water partition coefficient (Wildman–Crippen LogP) is 1.87. The lowest BCUT2D eigenvalue weighted by atomic mass is 10.1. The summed E-state index contributed by atoms with van der Waals surface area (Å²) in [6.07, 6.45) is 1.40. The van der Waals surface area contributed by atoms with Crippen LogP contribution in [0.1, 0.15) is 24.5 Å². The Morgan fingerprint density at radius 1 is 1.25 bits per heavy atom. The predicted molar refractivity (Wildman–Crippen MR) is 67.0 cm³/mol. The minimum Gasteiger partial charge on any atom is -0.215 e. The van der Waals surface area contributed by atoms with Crippen LogP contribution in [0, 0.1) is 6.92 Å². The first kappa shape index (κ1) is 13.2. The third-order valence-corrected chi connectivity index (χ3v) is 4.04. The molecule has 1 N–H and O–H groups in total. The lowest BCUT2D eigenvalue weighted by Gasteiger charge is -2.07. The zero-order chi connectivity index (χ0) is 12.0. The number of benzene rings is 1. The quantitative estimate of drug-likeness (QED) is 0.826. The largest absolute Gasteiger partial charge is 0.215 e. The van der Waals surface area contributed by atoms with Crippen molar-refractivity contribution in [2.24, 2.45) is 0 Å².